The van der Waals surface area contributed by atoms with Gasteiger partial charge in [-0.15, -0.1) is 0 Å². The van der Waals surface area contributed by atoms with Crippen LogP contribution in [0.1, 0.15) is 28.7 Å². The summed E-state index contributed by atoms with van der Waals surface area (Å²) in [4.78, 5) is 23.9. The molecule has 0 saturated heterocycles. The molecule has 0 saturated carbocycles. The molecule has 0 fully saturated rings. The minimum Gasteiger partial charge on any atom is -0.468 e. The van der Waals surface area contributed by atoms with Crippen LogP contribution in [0.15, 0.2) is 41.3 Å². The van der Waals surface area contributed by atoms with E-state index in [1.807, 2.05) is 6.07 Å². The minimum absolute atomic E-state index is 0.0126. The number of aromatic nitrogens is 1. The van der Waals surface area contributed by atoms with Crippen LogP contribution < -0.4 is 0 Å². The van der Waals surface area contributed by atoms with E-state index in [0.29, 0.717) is 11.3 Å². The van der Waals surface area contributed by atoms with Gasteiger partial charge in [0.05, 0.1) is 13.7 Å². The highest BCUT2D eigenvalue weighted by molar-refractivity contribution is 7.89. The van der Waals surface area contributed by atoms with E-state index in [0.717, 1.165) is 4.31 Å². The normalized spacial score (nSPS) is 11.5. The maximum absolute atomic E-state index is 13.3. The van der Waals surface area contributed by atoms with Crippen molar-refractivity contribution in [2.45, 2.75) is 25.3 Å². The number of rotatable bonds is 8. The molecule has 2 rings (SSSR count). The summed E-state index contributed by atoms with van der Waals surface area (Å²) in [6, 6.07) is 10.2. The first-order valence-electron chi connectivity index (χ1n) is 8.66. The first kappa shape index (κ1) is 21.6. The van der Waals surface area contributed by atoms with Crippen molar-refractivity contribution in [3.05, 3.63) is 53.3 Å². The van der Waals surface area contributed by atoms with Gasteiger partial charge >= 0.3 is 11.9 Å². The molecule has 28 heavy (non-hydrogen) atoms. The van der Waals surface area contributed by atoms with Crippen LogP contribution in [0, 0.1) is 6.92 Å². The predicted molar refractivity (Wildman–Crippen MR) is 102 cm³/mol. The van der Waals surface area contributed by atoms with Crippen molar-refractivity contribution in [1.29, 1.82) is 0 Å². The number of hydrogen-bond acceptors (Lipinski definition) is 6. The lowest BCUT2D eigenvalue weighted by Gasteiger charge is -2.21. The summed E-state index contributed by atoms with van der Waals surface area (Å²) >= 11 is 0. The van der Waals surface area contributed by atoms with Crippen molar-refractivity contribution in [3.8, 4) is 0 Å². The maximum atomic E-state index is 13.3. The summed E-state index contributed by atoms with van der Waals surface area (Å²) < 4.78 is 38.8. The van der Waals surface area contributed by atoms with Crippen molar-refractivity contribution < 1.29 is 27.5 Å². The van der Waals surface area contributed by atoms with Crippen LogP contribution in [-0.2, 0) is 37.9 Å². The predicted octanol–water partition coefficient (Wildman–Crippen LogP) is 1.87. The Morgan fingerprint density at radius 2 is 1.82 bits per heavy atom. The fourth-order valence-corrected chi connectivity index (χ4v) is 4.34. The average molecular weight is 408 g/mol. The van der Waals surface area contributed by atoms with Gasteiger partial charge in [0.2, 0.25) is 10.0 Å². The number of carbonyl (C=O) groups excluding carboxylic acids is 2. The molecule has 2 aromatic rings. The van der Waals surface area contributed by atoms with E-state index in [2.05, 4.69) is 4.74 Å². The van der Waals surface area contributed by atoms with Crippen LogP contribution >= 0.6 is 0 Å². The molecule has 9 heteroatoms. The highest BCUT2D eigenvalue weighted by atomic mass is 32.2. The van der Waals surface area contributed by atoms with Gasteiger partial charge in [-0.05, 0) is 25.5 Å². The third-order valence-corrected chi connectivity index (χ3v) is 6.23. The number of benzene rings is 1. The number of carbonyl (C=O) groups is 2. The molecule has 8 nitrogen and oxygen atoms in total. The van der Waals surface area contributed by atoms with E-state index >= 15 is 0 Å². The van der Waals surface area contributed by atoms with Crippen molar-refractivity contribution in [2.75, 3.05) is 20.3 Å². The van der Waals surface area contributed by atoms with Crippen LogP contribution in [0.25, 0.3) is 0 Å². The lowest BCUT2D eigenvalue weighted by atomic mass is 10.2. The molecule has 152 valence electrons. The van der Waals surface area contributed by atoms with Gasteiger partial charge < -0.3 is 14.0 Å². The van der Waals surface area contributed by atoms with Crippen LogP contribution in [0.3, 0.4) is 0 Å². The lowest BCUT2D eigenvalue weighted by Crippen LogP contribution is -2.36. The third-order valence-electron chi connectivity index (χ3n) is 4.33. The SMILES string of the molecule is CCOC(=O)c1cc(S(=O)(=O)N(CC(=O)OC)Cc2ccccc2)c(C)n1C. The van der Waals surface area contributed by atoms with Crippen LogP contribution in [0.2, 0.25) is 0 Å². The summed E-state index contributed by atoms with van der Waals surface area (Å²) in [6.45, 7) is 2.98. The van der Waals surface area contributed by atoms with Crippen LogP contribution in [0.4, 0.5) is 0 Å². The number of sulfonamides is 1. The Kier molecular flexibility index (Phi) is 6.98. The van der Waals surface area contributed by atoms with Crippen molar-refractivity contribution in [3.63, 3.8) is 0 Å². The molecule has 0 unspecified atom stereocenters. The molecule has 0 aliphatic carbocycles. The fraction of sp³-hybridized carbons (Fsp3) is 0.368. The molecule has 0 amide bonds. The molecule has 0 aliphatic rings. The molecule has 0 radical (unpaired) electrons. The highest BCUT2D eigenvalue weighted by Crippen LogP contribution is 2.25. The lowest BCUT2D eigenvalue weighted by molar-refractivity contribution is -0.140. The summed E-state index contributed by atoms with van der Waals surface area (Å²) in [5, 5.41) is 0. The molecule has 0 N–H and O–H groups in total. The standard InChI is InChI=1S/C19H24N2O6S/c1-5-27-19(23)16-11-17(14(2)20(16)3)28(24,25)21(13-18(22)26-4)12-15-9-7-6-8-10-15/h6-11H,5,12-13H2,1-4H3. The largest absolute Gasteiger partial charge is 0.468 e. The highest BCUT2D eigenvalue weighted by Gasteiger charge is 2.32. The van der Waals surface area contributed by atoms with E-state index in [-0.39, 0.29) is 23.7 Å². The Bertz CT molecular complexity index is 950. The zero-order chi connectivity index (χ0) is 20.9. The van der Waals surface area contributed by atoms with Gasteiger partial charge in [-0.25, -0.2) is 13.2 Å². The van der Waals surface area contributed by atoms with Gasteiger partial charge in [-0.2, -0.15) is 4.31 Å². The number of ether oxygens (including phenoxy) is 2. The molecule has 0 atom stereocenters. The first-order chi connectivity index (χ1) is 13.2. The Morgan fingerprint density at radius 1 is 1.18 bits per heavy atom. The van der Waals surface area contributed by atoms with Gasteiger partial charge in [-0.1, -0.05) is 30.3 Å². The van der Waals surface area contributed by atoms with Gasteiger partial charge in [0, 0.05) is 19.3 Å². The summed E-state index contributed by atoms with van der Waals surface area (Å²) in [7, 11) is -1.30. The number of methoxy groups -OCH3 is 1. The molecule has 0 bridgehead atoms. The molecular formula is C19H24N2O6S. The molecule has 0 aliphatic heterocycles. The van der Waals surface area contributed by atoms with Crippen LogP contribution in [-0.4, -0.2) is 49.5 Å². The first-order valence-corrected chi connectivity index (χ1v) is 10.1. The van der Waals surface area contributed by atoms with Crippen molar-refractivity contribution >= 4 is 22.0 Å². The summed E-state index contributed by atoms with van der Waals surface area (Å²) in [6.07, 6.45) is 0. The quantitative estimate of drug-likeness (QED) is 0.619. The Morgan fingerprint density at radius 3 is 2.39 bits per heavy atom. The fourth-order valence-electron chi connectivity index (χ4n) is 2.69. The van der Waals surface area contributed by atoms with Crippen LogP contribution in [0.5, 0.6) is 0 Å². The second kappa shape index (κ2) is 9.03. The second-order valence-electron chi connectivity index (χ2n) is 6.09. The second-order valence-corrected chi connectivity index (χ2v) is 8.00. The van der Waals surface area contributed by atoms with Crippen molar-refractivity contribution in [2.24, 2.45) is 7.05 Å². The van der Waals surface area contributed by atoms with E-state index in [4.69, 9.17) is 4.74 Å². The Hall–Kier alpha value is -2.65. The third kappa shape index (κ3) is 4.60. The molecule has 0 spiro atoms. The minimum atomic E-state index is -4.08. The zero-order valence-corrected chi connectivity index (χ0v) is 17.2. The van der Waals surface area contributed by atoms with Gasteiger partial charge in [0.15, 0.2) is 0 Å². The molecular weight excluding hydrogens is 384 g/mol. The van der Waals surface area contributed by atoms with E-state index in [9.17, 15) is 18.0 Å². The van der Waals surface area contributed by atoms with Gasteiger partial charge in [-0.3, -0.25) is 4.79 Å². The molecule has 1 heterocycles. The van der Waals surface area contributed by atoms with E-state index in [1.165, 1.54) is 17.7 Å². The van der Waals surface area contributed by atoms with Gasteiger partial charge in [0.1, 0.15) is 17.1 Å². The van der Waals surface area contributed by atoms with E-state index < -0.39 is 28.5 Å². The zero-order valence-electron chi connectivity index (χ0n) is 16.3. The number of esters is 2. The smallest absolute Gasteiger partial charge is 0.354 e. The average Bonchev–Trinajstić information content (AvgIpc) is 2.98. The number of nitrogens with zero attached hydrogens (tertiary/aromatic N) is 2. The van der Waals surface area contributed by atoms with Crippen molar-refractivity contribution in [1.82, 2.24) is 8.87 Å². The monoisotopic (exact) mass is 408 g/mol. The maximum Gasteiger partial charge on any atom is 0.354 e. The molecule has 1 aromatic carbocycles. The summed E-state index contributed by atoms with van der Waals surface area (Å²) in [5.74, 6) is -1.30. The molecule has 1 aromatic heterocycles. The summed E-state index contributed by atoms with van der Waals surface area (Å²) in [5.41, 5.74) is 1.20. The Labute approximate surface area is 164 Å². The topological polar surface area (TPSA) is 94.9 Å². The van der Waals surface area contributed by atoms with Gasteiger partial charge in [0.25, 0.3) is 0 Å². The van der Waals surface area contributed by atoms with E-state index in [1.54, 1.807) is 45.2 Å². The number of hydrogen-bond donors (Lipinski definition) is 0. The Balaban J connectivity index is 2.48.